The lowest BCUT2D eigenvalue weighted by molar-refractivity contribution is 0.0939. The van der Waals surface area contributed by atoms with Crippen molar-refractivity contribution in [1.29, 1.82) is 0 Å². The smallest absolute Gasteiger partial charge is 0.251 e. The zero-order valence-electron chi connectivity index (χ0n) is 13.1. The minimum Gasteiger partial charge on any atom is -0.497 e. The van der Waals surface area contributed by atoms with Gasteiger partial charge in [-0.05, 0) is 61.1 Å². The summed E-state index contributed by atoms with van der Waals surface area (Å²) in [6, 6.07) is 13.8. The van der Waals surface area contributed by atoms with E-state index in [9.17, 15) is 4.79 Å². The zero-order valence-corrected chi connectivity index (χ0v) is 13.1. The minimum atomic E-state index is -0.0769. The predicted octanol–water partition coefficient (Wildman–Crippen LogP) is 3.67. The molecule has 1 aliphatic rings. The first-order chi connectivity index (χ1) is 10.7. The van der Waals surface area contributed by atoms with Crippen molar-refractivity contribution in [2.75, 3.05) is 7.11 Å². The molecular formula is C19H21NO2. The molecule has 0 aliphatic heterocycles. The van der Waals surface area contributed by atoms with Crippen molar-refractivity contribution in [2.45, 2.75) is 32.2 Å². The molecule has 1 aliphatic carbocycles. The van der Waals surface area contributed by atoms with E-state index in [2.05, 4.69) is 23.5 Å². The number of benzene rings is 2. The van der Waals surface area contributed by atoms with E-state index in [-0.39, 0.29) is 11.9 Å². The van der Waals surface area contributed by atoms with Crippen molar-refractivity contribution < 1.29 is 9.53 Å². The van der Waals surface area contributed by atoms with Crippen molar-refractivity contribution in [3.63, 3.8) is 0 Å². The number of amides is 1. The second-order valence-electron chi connectivity index (χ2n) is 5.81. The average Bonchev–Trinajstić information content (AvgIpc) is 3.02. The first kappa shape index (κ1) is 14.6. The predicted molar refractivity (Wildman–Crippen MR) is 87.3 cm³/mol. The van der Waals surface area contributed by atoms with Crippen LogP contribution in [-0.2, 0) is 12.8 Å². The highest BCUT2D eigenvalue weighted by atomic mass is 16.5. The Morgan fingerprint density at radius 3 is 2.77 bits per heavy atom. The maximum absolute atomic E-state index is 12.4. The van der Waals surface area contributed by atoms with Gasteiger partial charge in [0, 0.05) is 5.56 Å². The summed E-state index contributed by atoms with van der Waals surface area (Å²) in [5, 5.41) is 3.06. The number of rotatable bonds is 4. The van der Waals surface area contributed by atoms with E-state index in [0.29, 0.717) is 11.3 Å². The maximum atomic E-state index is 12.4. The van der Waals surface area contributed by atoms with E-state index in [1.807, 2.05) is 19.1 Å². The molecule has 3 nitrogen and oxygen atoms in total. The third-order valence-corrected chi connectivity index (χ3v) is 4.30. The van der Waals surface area contributed by atoms with Crippen LogP contribution in [0.3, 0.4) is 0 Å². The highest BCUT2D eigenvalue weighted by Gasteiger charge is 2.15. The van der Waals surface area contributed by atoms with E-state index in [0.717, 1.165) is 12.0 Å². The number of methoxy groups -OCH3 is 1. The van der Waals surface area contributed by atoms with Gasteiger partial charge >= 0.3 is 0 Å². The Hall–Kier alpha value is -2.29. The first-order valence-electron chi connectivity index (χ1n) is 7.74. The molecule has 22 heavy (non-hydrogen) atoms. The third-order valence-electron chi connectivity index (χ3n) is 4.30. The van der Waals surface area contributed by atoms with Crippen LogP contribution in [0, 0.1) is 0 Å². The number of carbonyl (C=O) groups excluding carboxylic acids is 1. The van der Waals surface area contributed by atoms with Gasteiger partial charge in [-0.15, -0.1) is 0 Å². The monoisotopic (exact) mass is 295 g/mol. The van der Waals surface area contributed by atoms with Gasteiger partial charge in [-0.3, -0.25) is 4.79 Å². The lowest BCUT2D eigenvalue weighted by Crippen LogP contribution is -2.26. The first-order valence-corrected chi connectivity index (χ1v) is 7.74. The SMILES string of the molecule is COc1cccc(C(=O)N[C@H](C)c2ccc3c(c2)CCC3)c1. The number of aryl methyl sites for hydroxylation is 2. The van der Waals surface area contributed by atoms with Gasteiger partial charge < -0.3 is 10.1 Å². The van der Waals surface area contributed by atoms with Gasteiger partial charge in [-0.1, -0.05) is 24.3 Å². The second kappa shape index (κ2) is 6.22. The molecule has 0 radical (unpaired) electrons. The maximum Gasteiger partial charge on any atom is 0.251 e. The molecule has 114 valence electrons. The average molecular weight is 295 g/mol. The van der Waals surface area contributed by atoms with Crippen LogP contribution in [0.4, 0.5) is 0 Å². The molecule has 0 saturated heterocycles. The molecule has 2 aromatic rings. The summed E-state index contributed by atoms with van der Waals surface area (Å²) in [6.45, 7) is 2.02. The van der Waals surface area contributed by atoms with E-state index < -0.39 is 0 Å². The molecule has 1 atom stereocenters. The molecule has 1 amide bonds. The van der Waals surface area contributed by atoms with Crippen LogP contribution in [-0.4, -0.2) is 13.0 Å². The van der Waals surface area contributed by atoms with Crippen LogP contribution in [0.15, 0.2) is 42.5 Å². The van der Waals surface area contributed by atoms with Crippen molar-refractivity contribution in [2.24, 2.45) is 0 Å². The lowest BCUT2D eigenvalue weighted by atomic mass is 10.0. The molecule has 0 spiro atoms. The van der Waals surface area contributed by atoms with Gasteiger partial charge in [-0.2, -0.15) is 0 Å². The lowest BCUT2D eigenvalue weighted by Gasteiger charge is -2.16. The van der Waals surface area contributed by atoms with E-state index >= 15 is 0 Å². The van der Waals surface area contributed by atoms with Gasteiger partial charge in [0.05, 0.1) is 13.2 Å². The topological polar surface area (TPSA) is 38.3 Å². The van der Waals surface area contributed by atoms with Crippen LogP contribution in [0.5, 0.6) is 5.75 Å². The highest BCUT2D eigenvalue weighted by Crippen LogP contribution is 2.25. The molecular weight excluding hydrogens is 274 g/mol. The Kier molecular flexibility index (Phi) is 4.14. The van der Waals surface area contributed by atoms with Gasteiger partial charge in [0.25, 0.3) is 5.91 Å². The van der Waals surface area contributed by atoms with Crippen molar-refractivity contribution >= 4 is 5.91 Å². The van der Waals surface area contributed by atoms with Crippen LogP contribution in [0.25, 0.3) is 0 Å². The normalized spacial score (nSPS) is 14.3. The van der Waals surface area contributed by atoms with E-state index in [1.54, 1.807) is 19.2 Å². The Morgan fingerprint density at radius 1 is 1.14 bits per heavy atom. The summed E-state index contributed by atoms with van der Waals surface area (Å²) >= 11 is 0. The third kappa shape index (κ3) is 2.98. The number of nitrogens with one attached hydrogen (secondary N) is 1. The molecule has 1 N–H and O–H groups in total. The van der Waals surface area contributed by atoms with Gasteiger partial charge in [0.2, 0.25) is 0 Å². The number of hydrogen-bond donors (Lipinski definition) is 1. The largest absolute Gasteiger partial charge is 0.497 e. The van der Waals surface area contributed by atoms with Crippen LogP contribution < -0.4 is 10.1 Å². The number of ether oxygens (including phenoxy) is 1. The number of fused-ring (bicyclic) bond motifs is 1. The molecule has 0 saturated carbocycles. The fourth-order valence-electron chi connectivity index (χ4n) is 2.99. The van der Waals surface area contributed by atoms with Gasteiger partial charge in [-0.25, -0.2) is 0 Å². The fraction of sp³-hybridized carbons (Fsp3) is 0.316. The summed E-state index contributed by atoms with van der Waals surface area (Å²) in [4.78, 5) is 12.4. The van der Waals surface area contributed by atoms with Crippen LogP contribution >= 0.6 is 0 Å². The Morgan fingerprint density at radius 2 is 1.95 bits per heavy atom. The summed E-state index contributed by atoms with van der Waals surface area (Å²) < 4.78 is 5.17. The van der Waals surface area contributed by atoms with Gasteiger partial charge in [0.1, 0.15) is 5.75 Å². The summed E-state index contributed by atoms with van der Waals surface area (Å²) in [5.41, 5.74) is 4.67. The zero-order chi connectivity index (χ0) is 15.5. The quantitative estimate of drug-likeness (QED) is 0.934. The summed E-state index contributed by atoms with van der Waals surface area (Å²) in [5.74, 6) is 0.615. The van der Waals surface area contributed by atoms with Crippen molar-refractivity contribution in [3.8, 4) is 5.75 Å². The summed E-state index contributed by atoms with van der Waals surface area (Å²) in [6.07, 6.45) is 3.57. The van der Waals surface area contributed by atoms with Crippen LogP contribution in [0.1, 0.15) is 46.4 Å². The fourth-order valence-corrected chi connectivity index (χ4v) is 2.99. The molecule has 0 bridgehead atoms. The second-order valence-corrected chi connectivity index (χ2v) is 5.81. The van der Waals surface area contributed by atoms with Gasteiger partial charge in [0.15, 0.2) is 0 Å². The van der Waals surface area contributed by atoms with Crippen LogP contribution in [0.2, 0.25) is 0 Å². The van der Waals surface area contributed by atoms with Crippen molar-refractivity contribution in [1.82, 2.24) is 5.32 Å². The minimum absolute atomic E-state index is 0.00963. The highest BCUT2D eigenvalue weighted by molar-refractivity contribution is 5.94. The Balaban J connectivity index is 1.73. The number of carbonyl (C=O) groups is 1. The summed E-state index contributed by atoms with van der Waals surface area (Å²) in [7, 11) is 1.60. The number of hydrogen-bond acceptors (Lipinski definition) is 2. The molecule has 0 unspecified atom stereocenters. The molecule has 0 heterocycles. The molecule has 0 aromatic heterocycles. The Bertz CT molecular complexity index is 694. The van der Waals surface area contributed by atoms with Crippen molar-refractivity contribution in [3.05, 3.63) is 64.7 Å². The molecule has 3 heteroatoms. The molecule has 3 rings (SSSR count). The van der Waals surface area contributed by atoms with E-state index in [1.165, 1.54) is 24.0 Å². The standard InChI is InChI=1S/C19H21NO2/c1-13(15-10-9-14-5-3-6-16(14)11-15)20-19(21)17-7-4-8-18(12-17)22-2/h4,7-13H,3,5-6H2,1-2H3,(H,20,21)/t13-/m1/s1. The molecule has 0 fully saturated rings. The Labute approximate surface area is 131 Å². The molecule has 2 aromatic carbocycles. The van der Waals surface area contributed by atoms with E-state index in [4.69, 9.17) is 4.74 Å².